The van der Waals surface area contributed by atoms with Crippen LogP contribution in [0.25, 0.3) is 32.9 Å². The van der Waals surface area contributed by atoms with Crippen LogP contribution in [0.5, 0.6) is 6.01 Å². The fourth-order valence-electron chi connectivity index (χ4n) is 8.63. The van der Waals surface area contributed by atoms with E-state index in [1.807, 2.05) is 4.90 Å². The number of terminal acetylenes is 1. The molecule has 5 fully saturated rings. The molecule has 2 aliphatic carbocycles. The summed E-state index contributed by atoms with van der Waals surface area (Å²) in [5.74, 6) is 1.06. The van der Waals surface area contributed by atoms with Crippen molar-refractivity contribution in [2.45, 2.75) is 43.4 Å². The van der Waals surface area contributed by atoms with Crippen molar-refractivity contribution < 1.29 is 27.0 Å². The van der Waals surface area contributed by atoms with Crippen molar-refractivity contribution in [2.24, 2.45) is 11.3 Å². The molecule has 4 aromatic rings. The molecule has 9 rings (SSSR count). The van der Waals surface area contributed by atoms with Gasteiger partial charge in [-0.15, -0.1) is 6.42 Å². The Bertz CT molecular complexity index is 2040. The van der Waals surface area contributed by atoms with E-state index >= 15 is 8.78 Å². The number of rotatable bonds is 5. The number of benzene rings is 2. The van der Waals surface area contributed by atoms with Crippen LogP contribution in [0.15, 0.2) is 48.4 Å². The van der Waals surface area contributed by atoms with Crippen LogP contribution in [0.3, 0.4) is 0 Å². The molecule has 0 unspecified atom stereocenters. The van der Waals surface area contributed by atoms with Crippen molar-refractivity contribution in [3.05, 3.63) is 65.6 Å². The quantitative estimate of drug-likeness (QED) is 0.192. The summed E-state index contributed by atoms with van der Waals surface area (Å²) in [4.78, 5) is 18.0. The molecule has 0 radical (unpaired) electrons. The summed E-state index contributed by atoms with van der Waals surface area (Å²) < 4.78 is 72.5. The first-order chi connectivity index (χ1) is 22.9. The lowest BCUT2D eigenvalue weighted by Gasteiger charge is -2.36. The summed E-state index contributed by atoms with van der Waals surface area (Å²) in [6.07, 6.45) is 10.4. The molecule has 0 N–H and O–H groups in total. The second-order valence-corrected chi connectivity index (χ2v) is 13.6. The van der Waals surface area contributed by atoms with Gasteiger partial charge in [-0.3, -0.25) is 9.88 Å². The van der Waals surface area contributed by atoms with Gasteiger partial charge in [0.05, 0.1) is 42.1 Å². The Morgan fingerprint density at radius 1 is 1.13 bits per heavy atom. The summed E-state index contributed by atoms with van der Waals surface area (Å²) in [6, 6.07) is 7.50. The number of pyridine rings is 1. The highest BCUT2D eigenvalue weighted by Crippen LogP contribution is 2.66. The topological polar surface area (TPSA) is 63.6 Å². The van der Waals surface area contributed by atoms with Crippen molar-refractivity contribution in [3.8, 4) is 29.6 Å². The van der Waals surface area contributed by atoms with E-state index < -0.39 is 29.4 Å². The normalized spacial score (nSPS) is 28.4. The second kappa shape index (κ2) is 10.4. The molecule has 1 spiro atoms. The highest BCUT2D eigenvalue weighted by Gasteiger charge is 2.67. The Labute approximate surface area is 268 Å². The monoisotopic (exact) mass is 641 g/mol. The van der Waals surface area contributed by atoms with Gasteiger partial charge in [-0.2, -0.15) is 9.97 Å². The van der Waals surface area contributed by atoms with E-state index in [9.17, 15) is 8.78 Å². The highest BCUT2D eigenvalue weighted by molar-refractivity contribution is 6.02. The number of ether oxygens (including phenoxy) is 2. The summed E-state index contributed by atoms with van der Waals surface area (Å²) in [5, 5.41) is 1.30. The van der Waals surface area contributed by atoms with Gasteiger partial charge in [0.2, 0.25) is 0 Å². The lowest BCUT2D eigenvalue weighted by Crippen LogP contribution is -2.49. The van der Waals surface area contributed by atoms with Crippen LogP contribution >= 0.6 is 0 Å². The number of aromatic nitrogens is 3. The van der Waals surface area contributed by atoms with Crippen LogP contribution in [-0.2, 0) is 4.74 Å². The van der Waals surface area contributed by atoms with Gasteiger partial charge in [0.15, 0.2) is 5.82 Å². The fraction of sp³-hybridized carbons (Fsp3) is 0.417. The Morgan fingerprint density at radius 2 is 2.00 bits per heavy atom. The van der Waals surface area contributed by atoms with Crippen molar-refractivity contribution in [3.63, 3.8) is 0 Å². The summed E-state index contributed by atoms with van der Waals surface area (Å²) in [6.45, 7) is 2.61. The first kappa shape index (κ1) is 28.9. The Morgan fingerprint density at radius 3 is 2.81 bits per heavy atom. The molecule has 3 aliphatic heterocycles. The Balaban J connectivity index is 1.19. The first-order valence-corrected chi connectivity index (χ1v) is 16.1. The van der Waals surface area contributed by atoms with Crippen molar-refractivity contribution in [2.75, 3.05) is 44.4 Å². The molecule has 0 amide bonds. The van der Waals surface area contributed by atoms with Crippen LogP contribution in [0.1, 0.15) is 31.2 Å². The van der Waals surface area contributed by atoms with E-state index in [1.165, 1.54) is 12.3 Å². The fourth-order valence-corrected chi connectivity index (χ4v) is 8.63. The summed E-state index contributed by atoms with van der Waals surface area (Å²) in [5.41, 5.74) is 0.601. The maximum atomic E-state index is 16.9. The third-order valence-corrected chi connectivity index (χ3v) is 11.3. The average molecular weight is 642 g/mol. The van der Waals surface area contributed by atoms with E-state index in [4.69, 9.17) is 20.9 Å². The zero-order valence-electron chi connectivity index (χ0n) is 25.5. The maximum Gasteiger partial charge on any atom is 0.319 e. The standard InChI is InChI=1S/C36H31F4N5O2/c1-2-22-26(38)7-6-21-4-3-5-23(27(21)22)30-29(40)31-24(16-41-30)33(45-12-13-46-18-25-28(39)32(25)45)43-34(42-31)47-19-36-14-20(15-37)17-44(36)11-10-35(36)8-9-35/h1,3-7,15-16,25,28,32H,8-14,17-19H2/b20-15+/t25-,28-,32-,36-/m0/s1. The van der Waals surface area contributed by atoms with Gasteiger partial charge >= 0.3 is 6.01 Å². The Kier molecular flexibility index (Phi) is 6.38. The minimum atomic E-state index is -1.11. The third-order valence-electron chi connectivity index (χ3n) is 11.3. The van der Waals surface area contributed by atoms with Gasteiger partial charge in [0, 0.05) is 36.2 Å². The van der Waals surface area contributed by atoms with Gasteiger partial charge in [0.1, 0.15) is 35.6 Å². The smallest absolute Gasteiger partial charge is 0.319 e. The number of hydrogen-bond acceptors (Lipinski definition) is 7. The van der Waals surface area contributed by atoms with E-state index in [0.717, 1.165) is 31.4 Å². The lowest BCUT2D eigenvalue weighted by molar-refractivity contribution is 0.0649. The van der Waals surface area contributed by atoms with Crippen LogP contribution < -0.4 is 9.64 Å². The van der Waals surface area contributed by atoms with E-state index in [0.29, 0.717) is 66.6 Å². The largest absolute Gasteiger partial charge is 0.461 e. The number of fused-ring (bicyclic) bond motifs is 5. The highest BCUT2D eigenvalue weighted by atomic mass is 19.1. The molecule has 47 heavy (non-hydrogen) atoms. The number of nitrogens with zero attached hydrogens (tertiary/aromatic N) is 5. The molecule has 5 aliphatic rings. The number of anilines is 1. The molecule has 5 heterocycles. The van der Waals surface area contributed by atoms with Gasteiger partial charge < -0.3 is 14.4 Å². The number of alkyl halides is 1. The zero-order chi connectivity index (χ0) is 32.1. The van der Waals surface area contributed by atoms with E-state index in [-0.39, 0.29) is 40.7 Å². The average Bonchev–Trinajstić information content (AvgIpc) is 3.96. The van der Waals surface area contributed by atoms with Crippen molar-refractivity contribution >= 4 is 27.5 Å². The molecular weight excluding hydrogens is 610 g/mol. The molecule has 3 saturated heterocycles. The van der Waals surface area contributed by atoms with Crippen LogP contribution in [-0.4, -0.2) is 77.1 Å². The second-order valence-electron chi connectivity index (χ2n) is 13.6. The van der Waals surface area contributed by atoms with E-state index in [1.54, 1.807) is 24.3 Å². The minimum Gasteiger partial charge on any atom is -0.461 e. The predicted molar refractivity (Wildman–Crippen MR) is 168 cm³/mol. The minimum absolute atomic E-state index is 0.0118. The molecule has 2 aromatic heterocycles. The van der Waals surface area contributed by atoms with Crippen LogP contribution in [0.4, 0.5) is 23.4 Å². The molecule has 4 atom stereocenters. The van der Waals surface area contributed by atoms with Gasteiger partial charge in [-0.05, 0) is 54.7 Å². The Hall–Kier alpha value is -4.27. The van der Waals surface area contributed by atoms with Crippen LogP contribution in [0.2, 0.25) is 0 Å². The zero-order valence-corrected chi connectivity index (χ0v) is 25.5. The summed E-state index contributed by atoms with van der Waals surface area (Å²) >= 11 is 0. The van der Waals surface area contributed by atoms with Gasteiger partial charge in [-0.1, -0.05) is 30.2 Å². The SMILES string of the molecule is C#Cc1c(F)ccc2cccc(-c3ncc4c(N5CCOC[C@H]6[C@H](F)[C@H]65)nc(OC[C@]56C/C(=C\F)CN5CCC65CC5)nc4c3F)c12. The number of halogens is 4. The van der Waals surface area contributed by atoms with Crippen molar-refractivity contribution in [1.29, 1.82) is 0 Å². The predicted octanol–water partition coefficient (Wildman–Crippen LogP) is 6.14. The van der Waals surface area contributed by atoms with Crippen LogP contribution in [0, 0.1) is 35.3 Å². The van der Waals surface area contributed by atoms with Crippen molar-refractivity contribution in [1.82, 2.24) is 19.9 Å². The van der Waals surface area contributed by atoms with Gasteiger partial charge in [0.25, 0.3) is 0 Å². The number of hydrogen-bond donors (Lipinski definition) is 0. The molecular formula is C36H31F4N5O2. The third kappa shape index (κ3) is 4.17. The summed E-state index contributed by atoms with van der Waals surface area (Å²) in [7, 11) is 0. The maximum absolute atomic E-state index is 16.9. The molecule has 2 aromatic carbocycles. The first-order valence-electron chi connectivity index (χ1n) is 16.1. The molecule has 7 nitrogen and oxygen atoms in total. The molecule has 0 bridgehead atoms. The molecule has 240 valence electrons. The molecule has 11 heteroatoms. The lowest BCUT2D eigenvalue weighted by atomic mass is 9.80. The van der Waals surface area contributed by atoms with Gasteiger partial charge in [-0.25, -0.2) is 17.6 Å². The van der Waals surface area contributed by atoms with E-state index in [2.05, 4.69) is 20.8 Å². The molecule has 2 saturated carbocycles.